The highest BCUT2D eigenvalue weighted by atomic mass is 15.2. The van der Waals surface area contributed by atoms with Gasteiger partial charge in [0.15, 0.2) is 0 Å². The van der Waals surface area contributed by atoms with Crippen LogP contribution in [0, 0.1) is 0 Å². The topological polar surface area (TPSA) is 16.3 Å². The van der Waals surface area contributed by atoms with Crippen LogP contribution in [0.25, 0.3) is 77.2 Å². The van der Waals surface area contributed by atoms with Crippen LogP contribution in [0.2, 0.25) is 0 Å². The van der Waals surface area contributed by atoms with E-state index < -0.39 is 0 Å². The number of fused-ring (bicyclic) bond motifs is 10. The molecule has 0 N–H and O–H groups in total. The van der Waals surface area contributed by atoms with Crippen molar-refractivity contribution in [2.45, 2.75) is 105 Å². The van der Waals surface area contributed by atoms with Crippen molar-refractivity contribution in [2.24, 2.45) is 0 Å². The third-order valence-corrected chi connectivity index (χ3v) is 19.0. The fourth-order valence-corrected chi connectivity index (χ4v) is 14.8. The van der Waals surface area contributed by atoms with E-state index >= 15 is 0 Å². The smallest absolute Gasteiger partial charge is 0.252 e. The van der Waals surface area contributed by atoms with Crippen LogP contribution in [-0.4, -0.2) is 15.8 Å². The molecule has 4 heterocycles. The second-order valence-corrected chi connectivity index (χ2v) is 25.5. The minimum Gasteiger partial charge on any atom is -0.311 e. The quantitative estimate of drug-likeness (QED) is 0.0951. The molecule has 0 bridgehead atoms. The molecule has 11 aromatic carbocycles. The van der Waals surface area contributed by atoms with Crippen LogP contribution < -0.4 is 26.2 Å². The molecule has 87 heavy (non-hydrogen) atoms. The van der Waals surface area contributed by atoms with Crippen LogP contribution in [0.1, 0.15) is 102 Å². The number of hydrogen-bond acceptors (Lipinski definition) is 2. The maximum atomic E-state index is 2.81. The largest absolute Gasteiger partial charge is 0.311 e. The average Bonchev–Trinajstić information content (AvgIpc) is 1.22. The molecular weight excluding hydrogens is 1050 g/mol. The number of aromatic nitrogens is 2. The Balaban J connectivity index is 1.11. The molecule has 426 valence electrons. The Kier molecular flexibility index (Phi) is 13.9. The number of para-hydroxylation sites is 5. The normalized spacial score (nSPS) is 12.8. The number of anilines is 6. The van der Waals surface area contributed by atoms with Crippen LogP contribution in [-0.2, 0) is 24.7 Å². The lowest BCUT2D eigenvalue weighted by molar-refractivity contribution is 0.590. The molecule has 0 saturated heterocycles. The second-order valence-electron chi connectivity index (χ2n) is 25.5. The van der Waals surface area contributed by atoms with E-state index in [2.05, 4.69) is 297 Å². The van der Waals surface area contributed by atoms with Gasteiger partial charge in [0.2, 0.25) is 0 Å². The minimum absolute atomic E-state index is 0.119. The van der Waals surface area contributed by atoms with Crippen LogP contribution in [0.15, 0.2) is 237 Å². The van der Waals surface area contributed by atoms with Crippen LogP contribution in [0.3, 0.4) is 0 Å². The molecule has 0 aliphatic carbocycles. The highest BCUT2D eigenvalue weighted by Crippen LogP contribution is 2.53. The maximum Gasteiger partial charge on any atom is 0.252 e. The zero-order valence-electron chi connectivity index (χ0n) is 51.2. The van der Waals surface area contributed by atoms with Gasteiger partial charge in [0.1, 0.15) is 0 Å². The molecule has 0 radical (unpaired) electrons. The van der Waals surface area contributed by atoms with Crippen molar-refractivity contribution in [3.8, 4) is 33.6 Å². The van der Waals surface area contributed by atoms with E-state index in [0.29, 0.717) is 0 Å². The first kappa shape index (κ1) is 54.3. The third-order valence-electron chi connectivity index (χ3n) is 19.0. The van der Waals surface area contributed by atoms with Gasteiger partial charge in [0.25, 0.3) is 6.71 Å². The van der Waals surface area contributed by atoms with Gasteiger partial charge in [-0.1, -0.05) is 237 Å². The fraction of sp³-hybridized carbons (Fsp3) is 0.195. The van der Waals surface area contributed by atoms with Crippen molar-refractivity contribution in [3.63, 3.8) is 0 Å². The molecule has 0 fully saturated rings. The lowest BCUT2D eigenvalue weighted by atomic mass is 9.33. The minimum atomic E-state index is -0.226. The van der Waals surface area contributed by atoms with Crippen LogP contribution in [0.5, 0.6) is 0 Å². The summed E-state index contributed by atoms with van der Waals surface area (Å²) in [5.74, 6) is 0. The number of hydrogen-bond donors (Lipinski definition) is 0. The summed E-state index contributed by atoms with van der Waals surface area (Å²) in [6, 6.07) is 90.6. The van der Waals surface area contributed by atoms with Crippen LogP contribution in [0.4, 0.5) is 34.1 Å². The third kappa shape index (κ3) is 9.11. The zero-order valence-corrected chi connectivity index (χ0v) is 51.2. The Morgan fingerprint density at radius 2 is 0.747 bits per heavy atom. The summed E-state index contributed by atoms with van der Waals surface area (Å²) in [7, 11) is 0. The standard InChI is InChI=1S/C82H75BN4/c1-7-10-28-55-49-58(29-11-8-2)80(59(50-55)30-12-9-3)86-75-53-61(84-71-41-23-19-35-65(71)66-36-20-24-42-72(66)84)45-47-69(75)83-70-48-46-62(85-73-43-25-21-37-67(73)68-38-22-26-44-74(68)85)54-76(70)87(78-52-60(82(4,5)6)51-77(86)79(78)83)81-63(56-31-15-13-16-32-56)39-27-40-64(81)57-33-17-14-18-34-57/h13-27,31-54H,7-12,28-30H2,1-6H3. The Labute approximate surface area is 514 Å². The van der Waals surface area contributed by atoms with Crippen molar-refractivity contribution in [1.29, 1.82) is 0 Å². The second kappa shape index (κ2) is 22.2. The summed E-state index contributed by atoms with van der Waals surface area (Å²) in [5, 5.41) is 5.04. The van der Waals surface area contributed by atoms with Crippen molar-refractivity contribution in [3.05, 3.63) is 259 Å². The summed E-state index contributed by atoms with van der Waals surface area (Å²) in [5.41, 5.74) is 28.8. The van der Waals surface area contributed by atoms with Gasteiger partial charge in [-0.2, -0.15) is 0 Å². The Morgan fingerprint density at radius 1 is 0.356 bits per heavy atom. The molecule has 0 saturated carbocycles. The number of rotatable bonds is 15. The first-order chi connectivity index (χ1) is 42.7. The molecule has 0 unspecified atom stereocenters. The van der Waals surface area contributed by atoms with E-state index in [1.807, 2.05) is 0 Å². The van der Waals surface area contributed by atoms with E-state index in [4.69, 9.17) is 0 Å². The van der Waals surface area contributed by atoms with Gasteiger partial charge in [0.05, 0.1) is 33.4 Å². The maximum absolute atomic E-state index is 2.81. The summed E-state index contributed by atoms with van der Waals surface area (Å²) >= 11 is 0. The molecule has 2 aliphatic rings. The van der Waals surface area contributed by atoms with Crippen molar-refractivity contribution >= 4 is 101 Å². The highest BCUT2D eigenvalue weighted by Gasteiger charge is 2.46. The predicted octanol–water partition coefficient (Wildman–Crippen LogP) is 20.6. The molecule has 5 heteroatoms. The van der Waals surface area contributed by atoms with E-state index in [1.165, 1.54) is 157 Å². The van der Waals surface area contributed by atoms with Gasteiger partial charge < -0.3 is 18.9 Å². The number of nitrogens with zero attached hydrogens (tertiary/aromatic N) is 4. The molecule has 0 atom stereocenters. The first-order valence-corrected chi connectivity index (χ1v) is 32.1. The van der Waals surface area contributed by atoms with Gasteiger partial charge in [-0.3, -0.25) is 0 Å². The van der Waals surface area contributed by atoms with Crippen molar-refractivity contribution in [2.75, 3.05) is 9.80 Å². The molecule has 4 nitrogen and oxygen atoms in total. The van der Waals surface area contributed by atoms with Gasteiger partial charge in [-0.25, -0.2) is 0 Å². The summed E-state index contributed by atoms with van der Waals surface area (Å²) < 4.78 is 5.03. The van der Waals surface area contributed by atoms with E-state index in [0.717, 1.165) is 50.6 Å². The highest BCUT2D eigenvalue weighted by molar-refractivity contribution is 7.00. The lowest BCUT2D eigenvalue weighted by Gasteiger charge is -2.46. The van der Waals surface area contributed by atoms with E-state index in [-0.39, 0.29) is 12.1 Å². The van der Waals surface area contributed by atoms with Crippen LogP contribution >= 0.6 is 0 Å². The first-order valence-electron chi connectivity index (χ1n) is 32.1. The summed E-state index contributed by atoms with van der Waals surface area (Å²) in [4.78, 5) is 5.54. The molecule has 2 aliphatic heterocycles. The molecule has 13 aromatic rings. The molecule has 0 spiro atoms. The Morgan fingerprint density at radius 3 is 1.16 bits per heavy atom. The summed E-state index contributed by atoms with van der Waals surface area (Å²) in [6.07, 6.45) is 9.97. The monoisotopic (exact) mass is 1130 g/mol. The van der Waals surface area contributed by atoms with E-state index in [1.54, 1.807) is 0 Å². The molecule has 15 rings (SSSR count). The van der Waals surface area contributed by atoms with E-state index in [9.17, 15) is 0 Å². The molecular formula is C82H75BN4. The summed E-state index contributed by atoms with van der Waals surface area (Å²) in [6.45, 7) is 14.2. The fourth-order valence-electron chi connectivity index (χ4n) is 14.8. The Bertz CT molecular complexity index is 4580. The number of unbranched alkanes of at least 4 members (excludes halogenated alkanes) is 3. The SMILES string of the molecule is CCCCc1cc(CCCC)c(N2c3cc(-n4c5ccccc5c5ccccc54)ccc3B3c4ccc(-n5c6ccccc6c6ccccc65)cc4N(c4c(-c5ccccc5)cccc4-c4ccccc4)c4cc(C(C)(C)C)cc2c43)c(CCCC)c1. The van der Waals surface area contributed by atoms with Gasteiger partial charge in [0, 0.05) is 66.8 Å². The predicted molar refractivity (Wildman–Crippen MR) is 375 cm³/mol. The number of benzene rings is 11. The van der Waals surface area contributed by atoms with Crippen molar-refractivity contribution in [1.82, 2.24) is 9.13 Å². The average molecular weight is 1130 g/mol. The molecule has 2 aromatic heterocycles. The molecule has 0 amide bonds. The van der Waals surface area contributed by atoms with Gasteiger partial charge in [-0.15, -0.1) is 0 Å². The van der Waals surface area contributed by atoms with Gasteiger partial charge in [-0.05, 0) is 154 Å². The zero-order chi connectivity index (χ0) is 58.9. The van der Waals surface area contributed by atoms with Gasteiger partial charge >= 0.3 is 0 Å². The van der Waals surface area contributed by atoms with Crippen molar-refractivity contribution < 1.29 is 0 Å². The number of aryl methyl sites for hydroxylation is 3. The lowest BCUT2D eigenvalue weighted by Crippen LogP contribution is -2.61. The Hall–Kier alpha value is -9.32.